The lowest BCUT2D eigenvalue weighted by molar-refractivity contribution is -0.220. The highest BCUT2D eigenvalue weighted by Gasteiger charge is 2.53. The number of allylic oxidation sites excluding steroid dienone is 1. The minimum absolute atomic E-state index is 0.0472. The molecule has 2 rings (SSSR count). The van der Waals surface area contributed by atoms with Gasteiger partial charge in [0.2, 0.25) is 5.82 Å². The van der Waals surface area contributed by atoms with E-state index in [1.54, 1.807) is 0 Å². The van der Waals surface area contributed by atoms with Crippen molar-refractivity contribution in [2.75, 3.05) is 14.2 Å². The van der Waals surface area contributed by atoms with Crippen molar-refractivity contribution in [1.82, 2.24) is 0 Å². The second-order valence-corrected chi connectivity index (χ2v) is 6.13. The SMILES string of the molecule is COC(=O)C1=C(c2ccc(F)c(F)c2OC)CCC(C)(C(F)(F)F)C1. The minimum atomic E-state index is -4.52. The van der Waals surface area contributed by atoms with E-state index in [9.17, 15) is 26.7 Å². The first-order valence-electron chi connectivity index (χ1n) is 7.45. The summed E-state index contributed by atoms with van der Waals surface area (Å²) in [5.74, 6) is -3.80. The molecule has 0 heterocycles. The van der Waals surface area contributed by atoms with E-state index in [0.29, 0.717) is 0 Å². The fourth-order valence-corrected chi connectivity index (χ4v) is 2.96. The van der Waals surface area contributed by atoms with E-state index >= 15 is 0 Å². The Morgan fingerprint density at radius 1 is 1.20 bits per heavy atom. The summed E-state index contributed by atoms with van der Waals surface area (Å²) in [6, 6.07) is 2.03. The quantitative estimate of drug-likeness (QED) is 0.578. The average Bonchev–Trinajstić information content (AvgIpc) is 2.55. The Labute approximate surface area is 141 Å². The molecule has 0 aromatic heterocycles. The van der Waals surface area contributed by atoms with Crippen LogP contribution in [-0.2, 0) is 9.53 Å². The summed E-state index contributed by atoms with van der Waals surface area (Å²) in [4.78, 5) is 12.1. The first kappa shape index (κ1) is 19.2. The zero-order valence-electron chi connectivity index (χ0n) is 13.9. The highest BCUT2D eigenvalue weighted by molar-refractivity contribution is 5.99. The number of methoxy groups -OCH3 is 2. The van der Waals surface area contributed by atoms with Crippen molar-refractivity contribution in [1.29, 1.82) is 0 Å². The van der Waals surface area contributed by atoms with Gasteiger partial charge in [-0.3, -0.25) is 0 Å². The van der Waals surface area contributed by atoms with Crippen molar-refractivity contribution in [3.63, 3.8) is 0 Å². The summed E-state index contributed by atoms with van der Waals surface area (Å²) in [5, 5.41) is 0. The van der Waals surface area contributed by atoms with Gasteiger partial charge in [0.15, 0.2) is 11.6 Å². The molecule has 1 unspecified atom stereocenters. The van der Waals surface area contributed by atoms with Crippen molar-refractivity contribution in [3.8, 4) is 5.75 Å². The van der Waals surface area contributed by atoms with E-state index in [1.807, 2.05) is 0 Å². The molecule has 1 aromatic carbocycles. The first-order chi connectivity index (χ1) is 11.6. The molecule has 0 radical (unpaired) electrons. The number of hydrogen-bond acceptors (Lipinski definition) is 3. The second-order valence-electron chi connectivity index (χ2n) is 6.13. The Balaban J connectivity index is 2.65. The molecule has 0 saturated heterocycles. The van der Waals surface area contributed by atoms with Crippen molar-refractivity contribution >= 4 is 11.5 Å². The molecule has 0 saturated carbocycles. The predicted molar refractivity (Wildman–Crippen MR) is 79.9 cm³/mol. The van der Waals surface area contributed by atoms with Crippen LogP contribution in [0.2, 0.25) is 0 Å². The van der Waals surface area contributed by atoms with Crippen LogP contribution in [0.15, 0.2) is 17.7 Å². The van der Waals surface area contributed by atoms with Crippen LogP contribution >= 0.6 is 0 Å². The molecule has 1 aliphatic rings. The van der Waals surface area contributed by atoms with Gasteiger partial charge in [-0.15, -0.1) is 0 Å². The van der Waals surface area contributed by atoms with Gasteiger partial charge < -0.3 is 9.47 Å². The number of halogens is 5. The Bertz CT molecular complexity index is 724. The van der Waals surface area contributed by atoms with Crippen molar-refractivity contribution in [2.24, 2.45) is 5.41 Å². The second kappa shape index (κ2) is 6.65. The van der Waals surface area contributed by atoms with Gasteiger partial charge in [0.05, 0.1) is 19.6 Å². The van der Waals surface area contributed by atoms with Gasteiger partial charge in [-0.2, -0.15) is 17.6 Å². The molecule has 3 nitrogen and oxygen atoms in total. The molecule has 1 atom stereocenters. The summed E-state index contributed by atoms with van der Waals surface area (Å²) >= 11 is 0. The number of ether oxygens (including phenoxy) is 2. The maximum atomic E-state index is 14.0. The Hall–Kier alpha value is -2.12. The van der Waals surface area contributed by atoms with Crippen LogP contribution in [0, 0.1) is 17.0 Å². The normalized spacial score (nSPS) is 21.3. The highest BCUT2D eigenvalue weighted by atomic mass is 19.4. The van der Waals surface area contributed by atoms with E-state index in [1.165, 1.54) is 6.07 Å². The third kappa shape index (κ3) is 3.34. The maximum Gasteiger partial charge on any atom is 0.394 e. The molecule has 1 aromatic rings. The first-order valence-corrected chi connectivity index (χ1v) is 7.45. The molecular weight excluding hydrogens is 347 g/mol. The van der Waals surface area contributed by atoms with Gasteiger partial charge in [-0.25, -0.2) is 9.18 Å². The van der Waals surface area contributed by atoms with E-state index in [2.05, 4.69) is 4.74 Å². The van der Waals surface area contributed by atoms with Crippen LogP contribution in [0.5, 0.6) is 5.75 Å². The van der Waals surface area contributed by atoms with Gasteiger partial charge in [-0.1, -0.05) is 6.92 Å². The van der Waals surface area contributed by atoms with Crippen molar-refractivity contribution in [3.05, 3.63) is 34.9 Å². The maximum absolute atomic E-state index is 14.0. The molecule has 0 bridgehead atoms. The summed E-state index contributed by atoms with van der Waals surface area (Å²) in [6.45, 7) is 1.02. The lowest BCUT2D eigenvalue weighted by Crippen LogP contribution is -2.38. The van der Waals surface area contributed by atoms with E-state index in [-0.39, 0.29) is 29.6 Å². The number of carbonyl (C=O) groups is 1. The molecule has 0 fully saturated rings. The van der Waals surface area contributed by atoms with Crippen LogP contribution in [0.4, 0.5) is 22.0 Å². The molecule has 8 heteroatoms. The zero-order valence-corrected chi connectivity index (χ0v) is 13.9. The monoisotopic (exact) mass is 364 g/mol. The van der Waals surface area contributed by atoms with E-state index < -0.39 is 41.4 Å². The van der Waals surface area contributed by atoms with Gasteiger partial charge in [0, 0.05) is 11.1 Å². The molecular formula is C17H17F5O3. The Kier molecular flexibility index (Phi) is 5.11. The zero-order chi connectivity index (χ0) is 19.0. The molecule has 0 spiro atoms. The van der Waals surface area contributed by atoms with Gasteiger partial charge in [0.1, 0.15) is 0 Å². The average molecular weight is 364 g/mol. The van der Waals surface area contributed by atoms with Crippen molar-refractivity contribution < 1.29 is 36.2 Å². The Morgan fingerprint density at radius 2 is 1.84 bits per heavy atom. The smallest absolute Gasteiger partial charge is 0.394 e. The van der Waals surface area contributed by atoms with Crippen LogP contribution < -0.4 is 4.74 Å². The lowest BCUT2D eigenvalue weighted by Gasteiger charge is -2.37. The van der Waals surface area contributed by atoms with E-state index in [0.717, 1.165) is 27.2 Å². The number of esters is 1. The van der Waals surface area contributed by atoms with Crippen LogP contribution in [-0.4, -0.2) is 26.4 Å². The summed E-state index contributed by atoms with van der Waals surface area (Å²) in [7, 11) is 2.16. The molecule has 0 amide bonds. The Morgan fingerprint density at radius 3 is 2.36 bits per heavy atom. The van der Waals surface area contributed by atoms with E-state index in [4.69, 9.17) is 4.74 Å². The molecule has 1 aliphatic carbocycles. The largest absolute Gasteiger partial charge is 0.493 e. The van der Waals surface area contributed by atoms with Gasteiger partial charge in [0.25, 0.3) is 0 Å². The number of carbonyl (C=O) groups excluding carboxylic acids is 1. The molecule has 0 aliphatic heterocycles. The number of alkyl halides is 3. The highest BCUT2D eigenvalue weighted by Crippen LogP contribution is 2.52. The minimum Gasteiger partial charge on any atom is -0.493 e. The number of rotatable bonds is 3. The van der Waals surface area contributed by atoms with Crippen LogP contribution in [0.3, 0.4) is 0 Å². The fourth-order valence-electron chi connectivity index (χ4n) is 2.96. The van der Waals surface area contributed by atoms with Crippen LogP contribution in [0.1, 0.15) is 31.7 Å². The number of hydrogen-bond donors (Lipinski definition) is 0. The number of benzene rings is 1. The fraction of sp³-hybridized carbons (Fsp3) is 0.471. The third-order valence-electron chi connectivity index (χ3n) is 4.55. The summed E-state index contributed by atoms with van der Waals surface area (Å²) in [5.41, 5.74) is -2.10. The summed E-state index contributed by atoms with van der Waals surface area (Å²) in [6.07, 6.45) is -5.58. The summed E-state index contributed by atoms with van der Waals surface area (Å²) < 4.78 is 76.9. The van der Waals surface area contributed by atoms with Gasteiger partial charge in [-0.05, 0) is 37.0 Å². The molecule has 0 N–H and O–H groups in total. The van der Waals surface area contributed by atoms with Crippen molar-refractivity contribution in [2.45, 2.75) is 32.4 Å². The topological polar surface area (TPSA) is 35.5 Å². The predicted octanol–water partition coefficient (Wildman–Crippen LogP) is 4.65. The molecule has 25 heavy (non-hydrogen) atoms. The van der Waals surface area contributed by atoms with Gasteiger partial charge >= 0.3 is 12.1 Å². The standard InChI is InChI=1S/C17H17F5O3/c1-16(17(20,21)22)7-6-9(11(8-16)15(23)25-3)10-4-5-12(18)13(19)14(10)24-2/h4-5H,6-8H2,1-3H3. The third-order valence-corrected chi connectivity index (χ3v) is 4.55. The molecule has 138 valence electrons. The lowest BCUT2D eigenvalue weighted by atomic mass is 9.71. The van der Waals surface area contributed by atoms with Crippen LogP contribution in [0.25, 0.3) is 5.57 Å².